The fraction of sp³-hybridized carbons (Fsp3) is 0.200. The van der Waals surface area contributed by atoms with Crippen molar-refractivity contribution in [3.63, 3.8) is 0 Å². The Labute approximate surface area is 106 Å². The van der Waals surface area contributed by atoms with Gasteiger partial charge in [-0.05, 0) is 32.9 Å². The molecule has 0 N–H and O–H groups in total. The van der Waals surface area contributed by atoms with Gasteiger partial charge in [-0.1, -0.05) is 23.8 Å². The molecule has 3 heteroatoms. The zero-order chi connectivity index (χ0) is 12.7. The van der Waals surface area contributed by atoms with Gasteiger partial charge in [-0.2, -0.15) is 5.10 Å². The van der Waals surface area contributed by atoms with Gasteiger partial charge in [0.2, 0.25) is 0 Å². The molecule has 0 fully saturated rings. The Balaban J connectivity index is 2.27. The zero-order valence-corrected chi connectivity index (χ0v) is 10.8. The largest absolute Gasteiger partial charge is 0.228 e. The van der Waals surface area contributed by atoms with Crippen molar-refractivity contribution in [3.05, 3.63) is 53.3 Å². The monoisotopic (exact) mass is 237 g/mol. The van der Waals surface area contributed by atoms with Crippen LogP contribution in [-0.2, 0) is 0 Å². The van der Waals surface area contributed by atoms with E-state index in [9.17, 15) is 0 Å². The second-order valence-corrected chi connectivity index (χ2v) is 4.72. The SMILES string of the molecule is Cc1cccc(-c2cc(C)n3ncc(C)c3n2)c1. The predicted octanol–water partition coefficient (Wildman–Crippen LogP) is 3.32. The fourth-order valence-corrected chi connectivity index (χ4v) is 2.18. The van der Waals surface area contributed by atoms with Gasteiger partial charge in [0.15, 0.2) is 5.65 Å². The summed E-state index contributed by atoms with van der Waals surface area (Å²) in [6.07, 6.45) is 1.86. The molecule has 0 aliphatic heterocycles. The van der Waals surface area contributed by atoms with Gasteiger partial charge < -0.3 is 0 Å². The molecule has 18 heavy (non-hydrogen) atoms. The number of aryl methyl sites for hydroxylation is 3. The Bertz CT molecular complexity index is 726. The Kier molecular flexibility index (Phi) is 2.40. The fourth-order valence-electron chi connectivity index (χ4n) is 2.18. The normalized spacial score (nSPS) is 11.1. The molecule has 2 heterocycles. The highest BCUT2D eigenvalue weighted by atomic mass is 15.2. The number of rotatable bonds is 1. The maximum atomic E-state index is 4.71. The molecular formula is C15H15N3. The minimum Gasteiger partial charge on any atom is -0.228 e. The van der Waals surface area contributed by atoms with Gasteiger partial charge in [-0.3, -0.25) is 0 Å². The zero-order valence-electron chi connectivity index (χ0n) is 10.8. The maximum absolute atomic E-state index is 4.71. The van der Waals surface area contributed by atoms with Crippen LogP contribution in [0.25, 0.3) is 16.9 Å². The highest BCUT2D eigenvalue weighted by Gasteiger charge is 2.07. The molecule has 0 saturated carbocycles. The predicted molar refractivity (Wildman–Crippen MR) is 72.6 cm³/mol. The Morgan fingerprint density at radius 1 is 1.06 bits per heavy atom. The molecule has 3 nitrogen and oxygen atoms in total. The molecule has 0 saturated heterocycles. The molecule has 0 spiro atoms. The summed E-state index contributed by atoms with van der Waals surface area (Å²) in [6, 6.07) is 10.5. The number of hydrogen-bond acceptors (Lipinski definition) is 2. The van der Waals surface area contributed by atoms with Crippen LogP contribution < -0.4 is 0 Å². The number of benzene rings is 1. The van der Waals surface area contributed by atoms with Gasteiger partial charge in [0, 0.05) is 16.8 Å². The Hall–Kier alpha value is -2.16. The van der Waals surface area contributed by atoms with Crippen molar-refractivity contribution < 1.29 is 0 Å². The van der Waals surface area contributed by atoms with Crippen LogP contribution in [0.4, 0.5) is 0 Å². The van der Waals surface area contributed by atoms with E-state index >= 15 is 0 Å². The summed E-state index contributed by atoms with van der Waals surface area (Å²) < 4.78 is 1.88. The molecule has 3 aromatic rings. The minimum atomic E-state index is 0.937. The van der Waals surface area contributed by atoms with E-state index in [2.05, 4.69) is 49.3 Å². The van der Waals surface area contributed by atoms with Gasteiger partial charge in [-0.15, -0.1) is 0 Å². The molecule has 90 valence electrons. The Morgan fingerprint density at radius 2 is 1.89 bits per heavy atom. The first kappa shape index (κ1) is 11.0. The van der Waals surface area contributed by atoms with Crippen molar-refractivity contribution in [2.45, 2.75) is 20.8 Å². The first-order valence-electron chi connectivity index (χ1n) is 6.04. The van der Waals surface area contributed by atoms with Crippen molar-refractivity contribution in [3.8, 4) is 11.3 Å². The molecule has 0 radical (unpaired) electrons. The van der Waals surface area contributed by atoms with E-state index in [1.54, 1.807) is 0 Å². The summed E-state index contributed by atoms with van der Waals surface area (Å²) in [5.74, 6) is 0. The van der Waals surface area contributed by atoms with E-state index in [0.717, 1.165) is 28.2 Å². The van der Waals surface area contributed by atoms with Crippen molar-refractivity contribution in [2.24, 2.45) is 0 Å². The van der Waals surface area contributed by atoms with Crippen LogP contribution in [0.5, 0.6) is 0 Å². The highest BCUT2D eigenvalue weighted by molar-refractivity contribution is 5.64. The molecule has 3 rings (SSSR count). The second-order valence-electron chi connectivity index (χ2n) is 4.72. The lowest BCUT2D eigenvalue weighted by Gasteiger charge is -2.06. The number of hydrogen-bond donors (Lipinski definition) is 0. The lowest BCUT2D eigenvalue weighted by Crippen LogP contribution is -1.98. The van der Waals surface area contributed by atoms with Crippen molar-refractivity contribution in [1.82, 2.24) is 14.6 Å². The molecule has 0 unspecified atom stereocenters. The van der Waals surface area contributed by atoms with E-state index in [0.29, 0.717) is 0 Å². The van der Waals surface area contributed by atoms with Crippen molar-refractivity contribution >= 4 is 5.65 Å². The van der Waals surface area contributed by atoms with Crippen LogP contribution in [-0.4, -0.2) is 14.6 Å². The lowest BCUT2D eigenvalue weighted by atomic mass is 10.1. The molecule has 0 bridgehead atoms. The van der Waals surface area contributed by atoms with E-state index in [-0.39, 0.29) is 0 Å². The van der Waals surface area contributed by atoms with E-state index in [1.165, 1.54) is 5.56 Å². The van der Waals surface area contributed by atoms with E-state index < -0.39 is 0 Å². The lowest BCUT2D eigenvalue weighted by molar-refractivity contribution is 0.896. The van der Waals surface area contributed by atoms with Gasteiger partial charge in [0.25, 0.3) is 0 Å². The summed E-state index contributed by atoms with van der Waals surface area (Å²) in [4.78, 5) is 4.71. The van der Waals surface area contributed by atoms with Gasteiger partial charge in [0.1, 0.15) is 0 Å². The third-order valence-corrected chi connectivity index (χ3v) is 3.14. The molecule has 0 atom stereocenters. The third kappa shape index (κ3) is 1.68. The summed E-state index contributed by atoms with van der Waals surface area (Å²) in [7, 11) is 0. The molecule has 1 aromatic carbocycles. The topological polar surface area (TPSA) is 30.2 Å². The summed E-state index contributed by atoms with van der Waals surface area (Å²) in [6.45, 7) is 6.19. The summed E-state index contributed by atoms with van der Waals surface area (Å²) in [5.41, 5.74) is 6.55. The first-order valence-corrected chi connectivity index (χ1v) is 6.04. The highest BCUT2D eigenvalue weighted by Crippen LogP contribution is 2.21. The number of nitrogens with zero attached hydrogens (tertiary/aromatic N) is 3. The van der Waals surface area contributed by atoms with Crippen LogP contribution in [0.15, 0.2) is 36.5 Å². The molecule has 0 aliphatic carbocycles. The second kappa shape index (κ2) is 3.95. The molecule has 0 amide bonds. The van der Waals surface area contributed by atoms with E-state index in [1.807, 2.05) is 17.6 Å². The average Bonchev–Trinajstić information content (AvgIpc) is 2.72. The quantitative estimate of drug-likeness (QED) is 0.650. The van der Waals surface area contributed by atoms with Crippen molar-refractivity contribution in [2.75, 3.05) is 0 Å². The van der Waals surface area contributed by atoms with Crippen LogP contribution in [0.2, 0.25) is 0 Å². The smallest absolute Gasteiger partial charge is 0.158 e. The van der Waals surface area contributed by atoms with Crippen LogP contribution in [0.3, 0.4) is 0 Å². The molecule has 2 aromatic heterocycles. The number of aromatic nitrogens is 3. The van der Waals surface area contributed by atoms with Gasteiger partial charge in [-0.25, -0.2) is 9.50 Å². The maximum Gasteiger partial charge on any atom is 0.158 e. The molecular weight excluding hydrogens is 222 g/mol. The minimum absolute atomic E-state index is 0.937. The third-order valence-electron chi connectivity index (χ3n) is 3.14. The standard InChI is InChI=1S/C15H15N3/c1-10-5-4-6-13(7-10)14-8-12(3)18-15(17-14)11(2)9-16-18/h4-9H,1-3H3. The van der Waals surface area contributed by atoms with Crippen LogP contribution >= 0.6 is 0 Å². The Morgan fingerprint density at radius 3 is 2.67 bits per heavy atom. The average molecular weight is 237 g/mol. The van der Waals surface area contributed by atoms with Crippen LogP contribution in [0, 0.1) is 20.8 Å². The molecule has 0 aliphatic rings. The number of fused-ring (bicyclic) bond motifs is 1. The van der Waals surface area contributed by atoms with Gasteiger partial charge in [0.05, 0.1) is 11.9 Å². The van der Waals surface area contributed by atoms with Gasteiger partial charge >= 0.3 is 0 Å². The summed E-state index contributed by atoms with van der Waals surface area (Å²) in [5, 5.41) is 4.32. The van der Waals surface area contributed by atoms with E-state index in [4.69, 9.17) is 4.98 Å². The van der Waals surface area contributed by atoms with Crippen LogP contribution in [0.1, 0.15) is 16.8 Å². The first-order chi connectivity index (χ1) is 8.65. The van der Waals surface area contributed by atoms with Crippen molar-refractivity contribution in [1.29, 1.82) is 0 Å². The summed E-state index contributed by atoms with van der Waals surface area (Å²) >= 11 is 0.